The van der Waals surface area contributed by atoms with Crippen LogP contribution in [0.4, 0.5) is 4.39 Å². The largest absolute Gasteiger partial charge is 0.376 e. The molecule has 1 unspecified atom stereocenters. The summed E-state index contributed by atoms with van der Waals surface area (Å²) in [6.45, 7) is 3.04. The lowest BCUT2D eigenvalue weighted by Gasteiger charge is -2.26. The van der Waals surface area contributed by atoms with Gasteiger partial charge in [0.1, 0.15) is 5.82 Å². The predicted octanol–water partition coefficient (Wildman–Crippen LogP) is 2.01. The molecule has 0 saturated carbocycles. The zero-order valence-corrected chi connectivity index (χ0v) is 9.78. The zero-order chi connectivity index (χ0) is 10.3. The molecule has 1 aromatic rings. The molecule has 2 aliphatic rings. The van der Waals surface area contributed by atoms with Gasteiger partial charge in [0, 0.05) is 18.0 Å². The molecule has 0 aromatic heterocycles. The summed E-state index contributed by atoms with van der Waals surface area (Å²) in [6.07, 6.45) is 0.999. The van der Waals surface area contributed by atoms with Crippen LogP contribution in [0.15, 0.2) is 12.1 Å². The number of ether oxygens (including phenoxy) is 1. The Morgan fingerprint density at radius 2 is 2.25 bits per heavy atom. The first-order chi connectivity index (χ1) is 7.36. The van der Waals surface area contributed by atoms with Crippen molar-refractivity contribution in [3.63, 3.8) is 0 Å². The molecule has 0 saturated heterocycles. The van der Waals surface area contributed by atoms with Crippen molar-refractivity contribution < 1.29 is 9.13 Å². The molecule has 4 heteroatoms. The van der Waals surface area contributed by atoms with Gasteiger partial charge in [0.05, 0.1) is 13.2 Å². The number of halogens is 2. The highest BCUT2D eigenvalue weighted by molar-refractivity contribution is 5.85. The maximum absolute atomic E-state index is 13.6. The standard InChI is InChI=1S/C12H14FNO.ClH/c13-11-2-1-8-3-4-14-5-9-6-15-7-10(11)12(8)9;/h1-2,9,14H,3-7H2;1H. The van der Waals surface area contributed by atoms with E-state index in [0.29, 0.717) is 12.5 Å². The van der Waals surface area contributed by atoms with Crippen molar-refractivity contribution in [2.75, 3.05) is 19.7 Å². The first-order valence-electron chi connectivity index (χ1n) is 5.45. The van der Waals surface area contributed by atoms with E-state index in [1.807, 2.05) is 6.07 Å². The van der Waals surface area contributed by atoms with E-state index in [9.17, 15) is 4.39 Å². The number of hydrogen-bond acceptors (Lipinski definition) is 2. The van der Waals surface area contributed by atoms with Crippen molar-refractivity contribution in [1.29, 1.82) is 0 Å². The van der Waals surface area contributed by atoms with E-state index < -0.39 is 0 Å². The number of rotatable bonds is 0. The normalized spacial score (nSPS) is 22.9. The molecule has 0 fully saturated rings. The van der Waals surface area contributed by atoms with E-state index in [-0.39, 0.29) is 18.2 Å². The molecule has 2 aliphatic heterocycles. The highest BCUT2D eigenvalue weighted by Crippen LogP contribution is 2.32. The van der Waals surface area contributed by atoms with Gasteiger partial charge in [-0.15, -0.1) is 12.4 Å². The van der Waals surface area contributed by atoms with Crippen molar-refractivity contribution >= 4 is 12.4 Å². The summed E-state index contributed by atoms with van der Waals surface area (Å²) in [5.74, 6) is 0.224. The van der Waals surface area contributed by atoms with Gasteiger partial charge >= 0.3 is 0 Å². The van der Waals surface area contributed by atoms with Gasteiger partial charge in [-0.1, -0.05) is 6.07 Å². The molecule has 2 heterocycles. The SMILES string of the molecule is Cl.Fc1ccc2c3c1COCC3CNCC2. The maximum atomic E-state index is 13.6. The van der Waals surface area contributed by atoms with Gasteiger partial charge in [-0.3, -0.25) is 0 Å². The van der Waals surface area contributed by atoms with Crippen LogP contribution in [0.25, 0.3) is 0 Å². The lowest BCUT2D eigenvalue weighted by Crippen LogP contribution is -2.26. The average molecular weight is 244 g/mol. The number of hydrogen-bond donors (Lipinski definition) is 1. The van der Waals surface area contributed by atoms with Gasteiger partial charge in [0.25, 0.3) is 0 Å². The van der Waals surface area contributed by atoms with E-state index in [0.717, 1.165) is 31.7 Å². The van der Waals surface area contributed by atoms with E-state index >= 15 is 0 Å². The molecule has 1 N–H and O–H groups in total. The highest BCUT2D eigenvalue weighted by atomic mass is 35.5. The lowest BCUT2D eigenvalue weighted by atomic mass is 9.88. The second kappa shape index (κ2) is 4.70. The third-order valence-corrected chi connectivity index (χ3v) is 3.33. The third kappa shape index (κ3) is 1.83. The summed E-state index contributed by atoms with van der Waals surface area (Å²) in [6, 6.07) is 3.50. The summed E-state index contributed by atoms with van der Waals surface area (Å²) in [7, 11) is 0. The molecule has 0 spiro atoms. The summed E-state index contributed by atoms with van der Waals surface area (Å²) in [5, 5.41) is 3.37. The molecule has 0 amide bonds. The van der Waals surface area contributed by atoms with E-state index in [4.69, 9.17) is 4.74 Å². The first-order valence-corrected chi connectivity index (χ1v) is 5.45. The first kappa shape index (κ1) is 11.8. The molecule has 1 atom stereocenters. The monoisotopic (exact) mass is 243 g/mol. The Hall–Kier alpha value is -0.640. The number of benzene rings is 1. The maximum Gasteiger partial charge on any atom is 0.129 e. The van der Waals surface area contributed by atoms with Crippen molar-refractivity contribution in [2.24, 2.45) is 0 Å². The van der Waals surface area contributed by atoms with Crippen LogP contribution < -0.4 is 5.32 Å². The summed E-state index contributed by atoms with van der Waals surface area (Å²) < 4.78 is 19.1. The van der Waals surface area contributed by atoms with Crippen molar-refractivity contribution in [3.05, 3.63) is 34.6 Å². The van der Waals surface area contributed by atoms with Crippen molar-refractivity contribution in [3.8, 4) is 0 Å². The minimum atomic E-state index is -0.111. The quantitative estimate of drug-likeness (QED) is 0.753. The Morgan fingerprint density at radius 3 is 3.12 bits per heavy atom. The van der Waals surface area contributed by atoms with Crippen LogP contribution in [-0.4, -0.2) is 19.7 Å². The minimum Gasteiger partial charge on any atom is -0.376 e. The van der Waals surface area contributed by atoms with Gasteiger partial charge in [-0.2, -0.15) is 0 Å². The Balaban J connectivity index is 0.000000963. The molecular formula is C12H15ClFNO. The van der Waals surface area contributed by atoms with Gasteiger partial charge in [0.15, 0.2) is 0 Å². The zero-order valence-electron chi connectivity index (χ0n) is 8.96. The molecule has 0 bridgehead atoms. The van der Waals surface area contributed by atoms with Gasteiger partial charge < -0.3 is 10.1 Å². The Morgan fingerprint density at radius 1 is 1.38 bits per heavy atom. The fourth-order valence-corrected chi connectivity index (χ4v) is 2.61. The number of nitrogens with one attached hydrogen (secondary N) is 1. The molecular weight excluding hydrogens is 229 g/mol. The topological polar surface area (TPSA) is 21.3 Å². The van der Waals surface area contributed by atoms with E-state index in [2.05, 4.69) is 5.32 Å². The highest BCUT2D eigenvalue weighted by Gasteiger charge is 2.27. The van der Waals surface area contributed by atoms with Crippen molar-refractivity contribution in [2.45, 2.75) is 18.9 Å². The van der Waals surface area contributed by atoms with E-state index in [1.165, 1.54) is 11.1 Å². The van der Waals surface area contributed by atoms with Gasteiger partial charge in [0.2, 0.25) is 0 Å². The average Bonchev–Trinajstić information content (AvgIpc) is 2.47. The molecule has 2 nitrogen and oxygen atoms in total. The summed E-state index contributed by atoms with van der Waals surface area (Å²) in [5.41, 5.74) is 3.29. The Labute approximate surface area is 101 Å². The van der Waals surface area contributed by atoms with Crippen LogP contribution in [0, 0.1) is 5.82 Å². The molecule has 16 heavy (non-hydrogen) atoms. The second-order valence-electron chi connectivity index (χ2n) is 4.26. The second-order valence-corrected chi connectivity index (χ2v) is 4.26. The molecule has 0 aliphatic carbocycles. The van der Waals surface area contributed by atoms with Crippen LogP contribution in [0.1, 0.15) is 22.6 Å². The fraction of sp³-hybridized carbons (Fsp3) is 0.500. The third-order valence-electron chi connectivity index (χ3n) is 3.33. The molecule has 0 radical (unpaired) electrons. The molecule has 1 aromatic carbocycles. The van der Waals surface area contributed by atoms with Crippen LogP contribution in [0.3, 0.4) is 0 Å². The minimum absolute atomic E-state index is 0. The lowest BCUT2D eigenvalue weighted by molar-refractivity contribution is 0.0885. The predicted molar refractivity (Wildman–Crippen MR) is 62.6 cm³/mol. The van der Waals surface area contributed by atoms with E-state index in [1.54, 1.807) is 6.07 Å². The van der Waals surface area contributed by atoms with Gasteiger partial charge in [-0.25, -0.2) is 4.39 Å². The van der Waals surface area contributed by atoms with Crippen LogP contribution in [-0.2, 0) is 17.8 Å². The van der Waals surface area contributed by atoms with Crippen LogP contribution in [0.2, 0.25) is 0 Å². The van der Waals surface area contributed by atoms with Crippen molar-refractivity contribution in [1.82, 2.24) is 5.32 Å². The fourth-order valence-electron chi connectivity index (χ4n) is 2.61. The molecule has 3 rings (SSSR count). The summed E-state index contributed by atoms with van der Waals surface area (Å²) >= 11 is 0. The van der Waals surface area contributed by atoms with Gasteiger partial charge in [-0.05, 0) is 30.2 Å². The summed E-state index contributed by atoms with van der Waals surface area (Å²) in [4.78, 5) is 0. The Bertz CT molecular complexity index is 397. The molecule has 88 valence electrons. The van der Waals surface area contributed by atoms with Crippen LogP contribution >= 0.6 is 12.4 Å². The Kier molecular flexibility index (Phi) is 3.47. The smallest absolute Gasteiger partial charge is 0.129 e. The van der Waals surface area contributed by atoms with Crippen LogP contribution in [0.5, 0.6) is 0 Å².